The first kappa shape index (κ1) is 22.8. The summed E-state index contributed by atoms with van der Waals surface area (Å²) in [5, 5.41) is 11.9. The van der Waals surface area contributed by atoms with E-state index in [2.05, 4.69) is 20.9 Å². The molecule has 2 amide bonds. The number of aromatic nitrogens is 2. The van der Waals surface area contributed by atoms with Gasteiger partial charge in [0.2, 0.25) is 0 Å². The summed E-state index contributed by atoms with van der Waals surface area (Å²) >= 11 is 0. The molecule has 3 rings (SSSR count). The monoisotopic (exact) mass is 409 g/mol. The molecule has 1 saturated heterocycles. The number of amides is 2. The summed E-state index contributed by atoms with van der Waals surface area (Å²) in [7, 11) is 0. The SMILES string of the molecule is Cl.Cl.N#Cc1ccc(Cn2cncc2CCNC(=O)N2CCCCC2)cc1. The van der Waals surface area contributed by atoms with Crippen LogP contribution in [0.3, 0.4) is 0 Å². The van der Waals surface area contributed by atoms with Gasteiger partial charge in [-0.05, 0) is 37.0 Å². The summed E-state index contributed by atoms with van der Waals surface area (Å²) in [6.07, 6.45) is 7.82. The number of nitrogens with one attached hydrogen (secondary N) is 1. The minimum absolute atomic E-state index is 0. The van der Waals surface area contributed by atoms with Crippen LogP contribution in [0.25, 0.3) is 0 Å². The first-order valence-corrected chi connectivity index (χ1v) is 8.77. The predicted molar refractivity (Wildman–Crippen MR) is 110 cm³/mol. The smallest absolute Gasteiger partial charge is 0.317 e. The first-order valence-electron chi connectivity index (χ1n) is 8.77. The summed E-state index contributed by atoms with van der Waals surface area (Å²) in [6.45, 7) is 3.04. The summed E-state index contributed by atoms with van der Waals surface area (Å²) in [6, 6.07) is 9.73. The van der Waals surface area contributed by atoms with Gasteiger partial charge in [0.05, 0.1) is 18.0 Å². The Balaban J connectivity index is 0.00000182. The number of likely N-dealkylation sites (tertiary alicyclic amines) is 1. The van der Waals surface area contributed by atoms with E-state index in [0.29, 0.717) is 18.7 Å². The van der Waals surface area contributed by atoms with E-state index in [9.17, 15) is 4.79 Å². The van der Waals surface area contributed by atoms with Gasteiger partial charge in [0, 0.05) is 44.5 Å². The lowest BCUT2D eigenvalue weighted by Crippen LogP contribution is -2.43. The maximum atomic E-state index is 12.1. The minimum atomic E-state index is 0. The molecule has 0 radical (unpaired) electrons. The Kier molecular flexibility index (Phi) is 9.70. The minimum Gasteiger partial charge on any atom is -0.338 e. The fraction of sp³-hybridized carbons (Fsp3) is 0.421. The third-order valence-electron chi connectivity index (χ3n) is 4.54. The van der Waals surface area contributed by atoms with Gasteiger partial charge in [0.15, 0.2) is 0 Å². The number of carbonyl (C=O) groups is 1. The number of hydrogen-bond donors (Lipinski definition) is 1. The van der Waals surface area contributed by atoms with Crippen LogP contribution in [0, 0.1) is 11.3 Å². The molecule has 8 heteroatoms. The molecule has 1 aromatic heterocycles. The Morgan fingerprint density at radius 2 is 1.85 bits per heavy atom. The van der Waals surface area contributed by atoms with Gasteiger partial charge in [-0.2, -0.15) is 5.26 Å². The van der Waals surface area contributed by atoms with Crippen LogP contribution in [0.1, 0.15) is 36.1 Å². The van der Waals surface area contributed by atoms with Crippen LogP contribution in [0.5, 0.6) is 0 Å². The molecule has 0 unspecified atom stereocenters. The third kappa shape index (κ3) is 6.46. The van der Waals surface area contributed by atoms with Crippen molar-refractivity contribution in [2.45, 2.75) is 32.2 Å². The van der Waals surface area contributed by atoms with Gasteiger partial charge < -0.3 is 14.8 Å². The number of nitriles is 1. The van der Waals surface area contributed by atoms with E-state index in [1.165, 1.54) is 6.42 Å². The van der Waals surface area contributed by atoms with Crippen molar-refractivity contribution in [3.63, 3.8) is 0 Å². The number of hydrogen-bond acceptors (Lipinski definition) is 3. The molecule has 1 aromatic carbocycles. The summed E-state index contributed by atoms with van der Waals surface area (Å²) in [4.78, 5) is 18.3. The molecule has 0 aliphatic carbocycles. The highest BCUT2D eigenvalue weighted by atomic mass is 35.5. The summed E-state index contributed by atoms with van der Waals surface area (Å²) in [5.41, 5.74) is 2.87. The molecule has 0 saturated carbocycles. The van der Waals surface area contributed by atoms with E-state index in [1.54, 1.807) is 6.33 Å². The molecule has 27 heavy (non-hydrogen) atoms. The Morgan fingerprint density at radius 1 is 1.15 bits per heavy atom. The van der Waals surface area contributed by atoms with Gasteiger partial charge in [-0.25, -0.2) is 9.78 Å². The Hall–Kier alpha value is -2.23. The maximum Gasteiger partial charge on any atom is 0.317 e. The largest absolute Gasteiger partial charge is 0.338 e. The Labute approximate surface area is 172 Å². The second kappa shape index (κ2) is 11.5. The van der Waals surface area contributed by atoms with Gasteiger partial charge >= 0.3 is 6.03 Å². The van der Waals surface area contributed by atoms with Crippen LogP contribution in [0.15, 0.2) is 36.8 Å². The van der Waals surface area contributed by atoms with E-state index < -0.39 is 0 Å². The van der Waals surface area contributed by atoms with E-state index >= 15 is 0 Å². The lowest BCUT2D eigenvalue weighted by atomic mass is 10.1. The molecule has 2 aromatic rings. The van der Waals surface area contributed by atoms with Crippen LogP contribution < -0.4 is 5.32 Å². The highest BCUT2D eigenvalue weighted by Gasteiger charge is 2.15. The van der Waals surface area contributed by atoms with Gasteiger partial charge in [-0.3, -0.25) is 0 Å². The molecule has 6 nitrogen and oxygen atoms in total. The fourth-order valence-electron chi connectivity index (χ4n) is 3.09. The van der Waals surface area contributed by atoms with Crippen LogP contribution in [0.2, 0.25) is 0 Å². The average Bonchev–Trinajstić information content (AvgIpc) is 3.10. The Morgan fingerprint density at radius 3 is 2.52 bits per heavy atom. The van der Waals surface area contributed by atoms with Gasteiger partial charge in [0.1, 0.15) is 0 Å². The zero-order valence-corrected chi connectivity index (χ0v) is 16.8. The molecule has 1 aliphatic rings. The molecule has 0 spiro atoms. The van der Waals surface area contributed by atoms with Crippen molar-refractivity contribution in [3.05, 3.63) is 53.6 Å². The number of rotatable bonds is 5. The van der Waals surface area contributed by atoms with Crippen molar-refractivity contribution >= 4 is 30.8 Å². The second-order valence-corrected chi connectivity index (χ2v) is 6.35. The molecule has 1 fully saturated rings. The third-order valence-corrected chi connectivity index (χ3v) is 4.54. The number of carbonyl (C=O) groups excluding carboxylic acids is 1. The van der Waals surface area contributed by atoms with Crippen molar-refractivity contribution in [3.8, 4) is 6.07 Å². The van der Waals surface area contributed by atoms with Crippen molar-refractivity contribution < 1.29 is 4.79 Å². The molecule has 0 atom stereocenters. The molecule has 146 valence electrons. The molecular formula is C19H25Cl2N5O. The van der Waals surface area contributed by atoms with E-state index in [1.807, 2.05) is 35.4 Å². The molecule has 0 bridgehead atoms. The van der Waals surface area contributed by atoms with Gasteiger partial charge in [0.25, 0.3) is 0 Å². The number of imidazole rings is 1. The summed E-state index contributed by atoms with van der Waals surface area (Å²) < 4.78 is 2.08. The highest BCUT2D eigenvalue weighted by molar-refractivity contribution is 5.85. The highest BCUT2D eigenvalue weighted by Crippen LogP contribution is 2.10. The van der Waals surface area contributed by atoms with Crippen LogP contribution >= 0.6 is 24.8 Å². The number of halogens is 2. The van der Waals surface area contributed by atoms with Crippen molar-refractivity contribution in [1.29, 1.82) is 5.26 Å². The number of nitrogens with zero attached hydrogens (tertiary/aromatic N) is 4. The second-order valence-electron chi connectivity index (χ2n) is 6.35. The van der Waals surface area contributed by atoms with E-state index in [0.717, 1.165) is 43.6 Å². The average molecular weight is 410 g/mol. The zero-order valence-electron chi connectivity index (χ0n) is 15.1. The maximum absolute atomic E-state index is 12.1. The standard InChI is InChI=1S/C19H23N5O.2ClH/c20-12-16-4-6-17(7-5-16)14-24-15-21-13-18(24)8-9-22-19(25)23-10-2-1-3-11-23;;/h4-7,13,15H,1-3,8-11,14H2,(H,22,25);2*1H. The van der Waals surface area contributed by atoms with E-state index in [4.69, 9.17) is 5.26 Å². The topological polar surface area (TPSA) is 74.0 Å². The zero-order chi connectivity index (χ0) is 17.5. The van der Waals surface area contributed by atoms with Crippen molar-refractivity contribution in [1.82, 2.24) is 19.8 Å². The number of piperidine rings is 1. The van der Waals surface area contributed by atoms with Crippen molar-refractivity contribution in [2.75, 3.05) is 19.6 Å². The fourth-order valence-corrected chi connectivity index (χ4v) is 3.09. The van der Waals surface area contributed by atoms with Gasteiger partial charge in [-0.15, -0.1) is 24.8 Å². The lowest BCUT2D eigenvalue weighted by Gasteiger charge is -2.26. The predicted octanol–water partition coefficient (Wildman–Crippen LogP) is 3.38. The van der Waals surface area contributed by atoms with Crippen molar-refractivity contribution in [2.24, 2.45) is 0 Å². The molecule has 2 heterocycles. The number of benzene rings is 1. The quantitative estimate of drug-likeness (QED) is 0.821. The van der Waals surface area contributed by atoms with Gasteiger partial charge in [-0.1, -0.05) is 12.1 Å². The van der Waals surface area contributed by atoms with Crippen LogP contribution in [0.4, 0.5) is 4.79 Å². The van der Waals surface area contributed by atoms with E-state index in [-0.39, 0.29) is 30.8 Å². The molecular weight excluding hydrogens is 385 g/mol. The number of urea groups is 1. The van der Waals surface area contributed by atoms with Crippen LogP contribution in [-0.2, 0) is 13.0 Å². The molecule has 1 N–H and O–H groups in total. The Bertz CT molecular complexity index is 748. The normalized spacial score (nSPS) is 13.1. The molecule has 1 aliphatic heterocycles. The van der Waals surface area contributed by atoms with Crippen LogP contribution in [-0.4, -0.2) is 40.1 Å². The summed E-state index contributed by atoms with van der Waals surface area (Å²) in [5.74, 6) is 0. The first-order chi connectivity index (χ1) is 12.3. The lowest BCUT2D eigenvalue weighted by molar-refractivity contribution is 0.186.